The summed E-state index contributed by atoms with van der Waals surface area (Å²) >= 11 is 0. The molecular weight excluding hydrogens is 428 g/mol. The maximum Gasteiger partial charge on any atom is 0.259 e. The number of rotatable bonds is 4. The van der Waals surface area contributed by atoms with Crippen molar-refractivity contribution in [1.82, 2.24) is 29.5 Å². The predicted molar refractivity (Wildman–Crippen MR) is 132 cm³/mol. The average molecular weight is 459 g/mol. The van der Waals surface area contributed by atoms with Gasteiger partial charge in [0.2, 0.25) is 0 Å². The smallest absolute Gasteiger partial charge is 0.259 e. The highest BCUT2D eigenvalue weighted by molar-refractivity contribution is 6.13. The molecule has 0 unspecified atom stereocenters. The lowest BCUT2D eigenvalue weighted by Crippen LogP contribution is -2.52. The van der Waals surface area contributed by atoms with Gasteiger partial charge in [0.25, 0.3) is 5.91 Å². The summed E-state index contributed by atoms with van der Waals surface area (Å²) in [5.74, 6) is 1.87. The first-order chi connectivity index (χ1) is 16.5. The Morgan fingerprint density at radius 2 is 1.85 bits per heavy atom. The lowest BCUT2D eigenvalue weighted by molar-refractivity contribution is 0.102. The SMILES string of the molecule is Cc1cn2cc(NC(=O)c3ccc(N4CC(C5CCNCC5)C4)c4cn(C)nc34)nc2c(C)n1. The molecule has 2 aliphatic rings. The van der Waals surface area contributed by atoms with Gasteiger partial charge < -0.3 is 19.9 Å². The van der Waals surface area contributed by atoms with Gasteiger partial charge in [-0.3, -0.25) is 14.5 Å². The van der Waals surface area contributed by atoms with Crippen molar-refractivity contribution < 1.29 is 4.79 Å². The van der Waals surface area contributed by atoms with Crippen molar-refractivity contribution >= 4 is 34.0 Å². The molecule has 0 aliphatic carbocycles. The van der Waals surface area contributed by atoms with Crippen LogP contribution in [0.2, 0.25) is 0 Å². The van der Waals surface area contributed by atoms with E-state index < -0.39 is 0 Å². The first-order valence-corrected chi connectivity index (χ1v) is 12.0. The molecular formula is C25H30N8O. The first-order valence-electron chi connectivity index (χ1n) is 12.0. The molecule has 0 spiro atoms. The third-order valence-electron chi connectivity index (χ3n) is 7.28. The number of piperidine rings is 1. The van der Waals surface area contributed by atoms with Gasteiger partial charge in [-0.25, -0.2) is 4.98 Å². The van der Waals surface area contributed by atoms with E-state index in [1.807, 2.05) is 50.0 Å². The highest BCUT2D eigenvalue weighted by atomic mass is 16.1. The fraction of sp³-hybridized carbons (Fsp3) is 0.440. The monoisotopic (exact) mass is 458 g/mol. The Balaban J connectivity index is 1.25. The van der Waals surface area contributed by atoms with Crippen molar-refractivity contribution in [3.63, 3.8) is 0 Å². The predicted octanol–water partition coefficient (Wildman–Crippen LogP) is 2.92. The van der Waals surface area contributed by atoms with Crippen molar-refractivity contribution in [2.24, 2.45) is 18.9 Å². The second-order valence-corrected chi connectivity index (χ2v) is 9.73. The van der Waals surface area contributed by atoms with E-state index in [1.54, 1.807) is 4.68 Å². The van der Waals surface area contributed by atoms with Crippen LogP contribution in [-0.2, 0) is 7.05 Å². The van der Waals surface area contributed by atoms with E-state index in [-0.39, 0.29) is 5.91 Å². The minimum atomic E-state index is -0.211. The number of imidazole rings is 1. The molecule has 3 aromatic heterocycles. The summed E-state index contributed by atoms with van der Waals surface area (Å²) in [6.45, 7) is 8.29. The lowest BCUT2D eigenvalue weighted by Gasteiger charge is -2.46. The number of hydrogen-bond donors (Lipinski definition) is 2. The van der Waals surface area contributed by atoms with Crippen molar-refractivity contribution in [1.29, 1.82) is 0 Å². The van der Waals surface area contributed by atoms with Gasteiger partial charge in [-0.1, -0.05) is 0 Å². The Bertz CT molecular complexity index is 1390. The highest BCUT2D eigenvalue weighted by Crippen LogP contribution is 2.37. The standard InChI is InChI=1S/C25H30N8O/c1-15-10-33-14-22(28-24(33)16(2)27-15)29-25(34)19-4-5-21(20-13-31(3)30-23(19)20)32-11-18(12-32)17-6-8-26-9-7-17/h4-5,10,13-14,17-18,26H,6-9,11-12H2,1-3H3,(H,29,34). The number of aryl methyl sites for hydroxylation is 3. The Kier molecular flexibility index (Phi) is 5.02. The van der Waals surface area contributed by atoms with Crippen molar-refractivity contribution in [2.75, 3.05) is 36.4 Å². The molecule has 0 atom stereocenters. The molecule has 0 radical (unpaired) electrons. The van der Waals surface area contributed by atoms with Crippen LogP contribution in [0, 0.1) is 25.7 Å². The van der Waals surface area contributed by atoms with Crippen LogP contribution in [-0.4, -0.2) is 56.2 Å². The molecule has 6 rings (SSSR count). The minimum absolute atomic E-state index is 0.211. The molecule has 1 aromatic carbocycles. The number of amides is 1. The topological polar surface area (TPSA) is 92.4 Å². The largest absolute Gasteiger partial charge is 0.370 e. The Morgan fingerprint density at radius 3 is 2.65 bits per heavy atom. The zero-order valence-electron chi connectivity index (χ0n) is 19.9. The maximum atomic E-state index is 13.2. The van der Waals surface area contributed by atoms with E-state index in [1.165, 1.54) is 12.8 Å². The van der Waals surface area contributed by atoms with Crippen molar-refractivity contribution in [3.05, 3.63) is 47.7 Å². The van der Waals surface area contributed by atoms with Crippen LogP contribution in [0.5, 0.6) is 0 Å². The number of nitrogens with one attached hydrogen (secondary N) is 2. The van der Waals surface area contributed by atoms with Gasteiger partial charge in [-0.2, -0.15) is 5.10 Å². The van der Waals surface area contributed by atoms with Crippen LogP contribution in [0.15, 0.2) is 30.7 Å². The van der Waals surface area contributed by atoms with Crippen LogP contribution < -0.4 is 15.5 Å². The number of aromatic nitrogens is 5. The third kappa shape index (κ3) is 3.60. The summed E-state index contributed by atoms with van der Waals surface area (Å²) in [5, 5.41) is 12.1. The second kappa shape index (κ2) is 8.09. The molecule has 176 valence electrons. The molecule has 5 heterocycles. The van der Waals surface area contributed by atoms with E-state index in [0.29, 0.717) is 11.4 Å². The highest BCUT2D eigenvalue weighted by Gasteiger charge is 2.35. The Hall–Kier alpha value is -3.46. The zero-order chi connectivity index (χ0) is 23.4. The fourth-order valence-corrected chi connectivity index (χ4v) is 5.54. The maximum absolute atomic E-state index is 13.2. The molecule has 2 aliphatic heterocycles. The van der Waals surface area contributed by atoms with Gasteiger partial charge in [-0.05, 0) is 63.7 Å². The first kappa shape index (κ1) is 21.1. The van der Waals surface area contributed by atoms with Gasteiger partial charge in [0.15, 0.2) is 11.5 Å². The number of fused-ring (bicyclic) bond motifs is 2. The average Bonchev–Trinajstić information content (AvgIpc) is 3.36. The lowest BCUT2D eigenvalue weighted by atomic mass is 9.79. The minimum Gasteiger partial charge on any atom is -0.370 e. The van der Waals surface area contributed by atoms with Gasteiger partial charge in [-0.15, -0.1) is 0 Å². The van der Waals surface area contributed by atoms with Crippen molar-refractivity contribution in [2.45, 2.75) is 26.7 Å². The van der Waals surface area contributed by atoms with E-state index in [4.69, 9.17) is 0 Å². The fourth-order valence-electron chi connectivity index (χ4n) is 5.54. The molecule has 2 saturated heterocycles. The number of hydrogen-bond acceptors (Lipinski definition) is 6. The number of nitrogens with zero attached hydrogens (tertiary/aromatic N) is 6. The van der Waals surface area contributed by atoms with Crippen LogP contribution in [0.25, 0.3) is 16.6 Å². The summed E-state index contributed by atoms with van der Waals surface area (Å²) in [4.78, 5) is 24.7. The number of carbonyl (C=O) groups is 1. The molecule has 1 amide bonds. The summed E-state index contributed by atoms with van der Waals surface area (Å²) < 4.78 is 3.69. The van der Waals surface area contributed by atoms with Gasteiger partial charge >= 0.3 is 0 Å². The number of benzene rings is 1. The number of carbonyl (C=O) groups excluding carboxylic acids is 1. The molecule has 34 heavy (non-hydrogen) atoms. The normalized spacial score (nSPS) is 17.4. The van der Waals surface area contributed by atoms with E-state index >= 15 is 0 Å². The summed E-state index contributed by atoms with van der Waals surface area (Å²) in [5.41, 5.74) is 4.90. The quantitative estimate of drug-likeness (QED) is 0.489. The van der Waals surface area contributed by atoms with Crippen LogP contribution in [0.1, 0.15) is 34.6 Å². The summed E-state index contributed by atoms with van der Waals surface area (Å²) in [6, 6.07) is 3.96. The third-order valence-corrected chi connectivity index (χ3v) is 7.28. The van der Waals surface area contributed by atoms with Gasteiger partial charge in [0.05, 0.1) is 23.1 Å². The Morgan fingerprint density at radius 1 is 1.06 bits per heavy atom. The summed E-state index contributed by atoms with van der Waals surface area (Å²) in [7, 11) is 1.90. The molecule has 2 N–H and O–H groups in total. The van der Waals surface area contributed by atoms with Crippen LogP contribution in [0.3, 0.4) is 0 Å². The van der Waals surface area contributed by atoms with Crippen LogP contribution >= 0.6 is 0 Å². The van der Waals surface area contributed by atoms with Crippen LogP contribution in [0.4, 0.5) is 11.5 Å². The molecule has 9 heteroatoms. The molecule has 0 saturated carbocycles. The van der Waals surface area contributed by atoms with E-state index in [2.05, 4.69) is 36.7 Å². The number of anilines is 2. The zero-order valence-corrected chi connectivity index (χ0v) is 19.9. The molecule has 0 bridgehead atoms. The van der Waals surface area contributed by atoms with E-state index in [9.17, 15) is 4.79 Å². The van der Waals surface area contributed by atoms with Gasteiger partial charge in [0, 0.05) is 43.6 Å². The van der Waals surface area contributed by atoms with Gasteiger partial charge in [0.1, 0.15) is 5.52 Å². The van der Waals surface area contributed by atoms with E-state index in [0.717, 1.165) is 71.6 Å². The molecule has 4 aromatic rings. The summed E-state index contributed by atoms with van der Waals surface area (Å²) in [6.07, 6.45) is 8.29. The second-order valence-electron chi connectivity index (χ2n) is 9.73. The van der Waals surface area contributed by atoms with Crippen molar-refractivity contribution in [3.8, 4) is 0 Å². The molecule has 2 fully saturated rings. The molecule has 9 nitrogen and oxygen atoms in total. The Labute approximate surface area is 198 Å².